The Labute approximate surface area is 193 Å². The molecule has 3 nitrogen and oxygen atoms in total. The fourth-order valence-electron chi connectivity index (χ4n) is 4.14. The predicted molar refractivity (Wildman–Crippen MR) is 133 cm³/mol. The molecule has 0 unspecified atom stereocenters. The standard InChI is InChI=1S/C27H38O3S/c1-10-27(11-2,22-15-19(4)25(30-31-9)20(5)16-22)21-12-13-23(18(3)14-21)29-17-24(28)26(6,7)8/h12-16H,10-11,17H2,1-9H3. The fraction of sp³-hybridized carbons (Fsp3) is 0.519. The highest BCUT2D eigenvalue weighted by Gasteiger charge is 2.32. The number of benzene rings is 2. The summed E-state index contributed by atoms with van der Waals surface area (Å²) in [4.78, 5) is 12.3. The second-order valence-corrected chi connectivity index (χ2v) is 9.92. The smallest absolute Gasteiger partial charge is 0.175 e. The predicted octanol–water partition coefficient (Wildman–Crippen LogP) is 7.37. The number of ether oxygens (including phenoxy) is 1. The van der Waals surface area contributed by atoms with Crippen molar-refractivity contribution < 1.29 is 13.7 Å². The molecule has 0 amide bonds. The Bertz CT molecular complexity index is 898. The van der Waals surface area contributed by atoms with Gasteiger partial charge in [-0.3, -0.25) is 4.79 Å². The zero-order valence-electron chi connectivity index (χ0n) is 20.6. The zero-order chi connectivity index (χ0) is 23.4. The molecule has 0 atom stereocenters. The molecule has 0 aliphatic heterocycles. The van der Waals surface area contributed by atoms with Crippen molar-refractivity contribution in [2.75, 3.05) is 12.9 Å². The van der Waals surface area contributed by atoms with E-state index in [0.717, 1.165) is 41.0 Å². The molecule has 4 heteroatoms. The van der Waals surface area contributed by atoms with Gasteiger partial charge in [0, 0.05) is 17.1 Å². The first-order valence-electron chi connectivity index (χ1n) is 11.1. The second-order valence-electron chi connectivity index (χ2n) is 9.42. The van der Waals surface area contributed by atoms with Crippen LogP contribution in [-0.4, -0.2) is 18.6 Å². The number of carbonyl (C=O) groups excluding carboxylic acids is 1. The van der Waals surface area contributed by atoms with Gasteiger partial charge in [0.15, 0.2) is 5.78 Å². The van der Waals surface area contributed by atoms with Crippen molar-refractivity contribution in [1.29, 1.82) is 0 Å². The summed E-state index contributed by atoms with van der Waals surface area (Å²) in [6, 6.07) is 10.9. The van der Waals surface area contributed by atoms with E-state index in [-0.39, 0.29) is 17.8 Å². The molecule has 0 radical (unpaired) electrons. The van der Waals surface area contributed by atoms with Crippen LogP contribution in [0, 0.1) is 26.2 Å². The SMILES string of the molecule is CCC(CC)(c1ccc(OCC(=O)C(C)(C)C)c(C)c1)c1cc(C)c(OSC)c(C)c1. The maximum absolute atomic E-state index is 12.3. The van der Waals surface area contributed by atoms with E-state index in [2.05, 4.69) is 58.9 Å². The van der Waals surface area contributed by atoms with Gasteiger partial charge < -0.3 is 8.92 Å². The summed E-state index contributed by atoms with van der Waals surface area (Å²) in [5.74, 6) is 1.84. The lowest BCUT2D eigenvalue weighted by Crippen LogP contribution is -2.27. The average molecular weight is 443 g/mol. The topological polar surface area (TPSA) is 35.5 Å². The zero-order valence-corrected chi connectivity index (χ0v) is 21.5. The molecule has 0 bridgehead atoms. The largest absolute Gasteiger partial charge is 0.486 e. The lowest BCUT2D eigenvalue weighted by Gasteiger charge is -2.34. The molecule has 2 aromatic carbocycles. The van der Waals surface area contributed by atoms with Crippen molar-refractivity contribution in [3.8, 4) is 11.5 Å². The minimum absolute atomic E-state index is 0.0854. The van der Waals surface area contributed by atoms with Crippen LogP contribution < -0.4 is 8.92 Å². The van der Waals surface area contributed by atoms with Crippen LogP contribution in [0.4, 0.5) is 0 Å². The third-order valence-corrected chi connectivity index (χ3v) is 6.64. The Kier molecular flexibility index (Phi) is 8.27. The van der Waals surface area contributed by atoms with Gasteiger partial charge in [0.1, 0.15) is 18.1 Å². The summed E-state index contributed by atoms with van der Waals surface area (Å²) in [6.45, 7) is 16.7. The summed E-state index contributed by atoms with van der Waals surface area (Å²) < 4.78 is 11.7. The number of aryl methyl sites for hydroxylation is 3. The van der Waals surface area contributed by atoms with E-state index < -0.39 is 5.41 Å². The highest BCUT2D eigenvalue weighted by molar-refractivity contribution is 7.94. The quantitative estimate of drug-likeness (QED) is 0.380. The highest BCUT2D eigenvalue weighted by atomic mass is 32.2. The van der Waals surface area contributed by atoms with Gasteiger partial charge in [-0.2, -0.15) is 0 Å². The van der Waals surface area contributed by atoms with Gasteiger partial charge in [0.25, 0.3) is 0 Å². The molecule has 2 aromatic rings. The molecule has 0 spiro atoms. The summed E-state index contributed by atoms with van der Waals surface area (Å²) in [7, 11) is 0. The van der Waals surface area contributed by atoms with Crippen LogP contribution in [0.2, 0.25) is 0 Å². The Morgan fingerprint density at radius 2 is 1.45 bits per heavy atom. The number of hydrogen-bond acceptors (Lipinski definition) is 4. The van der Waals surface area contributed by atoms with Gasteiger partial charge in [0.2, 0.25) is 0 Å². The van der Waals surface area contributed by atoms with Crippen LogP contribution in [0.15, 0.2) is 30.3 Å². The van der Waals surface area contributed by atoms with Crippen LogP contribution in [0.1, 0.15) is 75.3 Å². The lowest BCUT2D eigenvalue weighted by atomic mass is 9.69. The van der Waals surface area contributed by atoms with E-state index in [0.29, 0.717) is 0 Å². The minimum Gasteiger partial charge on any atom is -0.486 e. The molecule has 31 heavy (non-hydrogen) atoms. The van der Waals surface area contributed by atoms with Crippen molar-refractivity contribution in [1.82, 2.24) is 0 Å². The molecule has 0 heterocycles. The van der Waals surface area contributed by atoms with E-state index in [4.69, 9.17) is 8.92 Å². The Hall–Kier alpha value is -1.94. The number of hydrogen-bond donors (Lipinski definition) is 0. The number of carbonyl (C=O) groups is 1. The Balaban J connectivity index is 2.43. The third-order valence-electron chi connectivity index (χ3n) is 6.31. The summed E-state index contributed by atoms with van der Waals surface area (Å²) in [5, 5.41) is 0. The molecule has 0 aromatic heterocycles. The van der Waals surface area contributed by atoms with Crippen LogP contribution in [-0.2, 0) is 10.2 Å². The van der Waals surface area contributed by atoms with Crippen molar-refractivity contribution in [2.24, 2.45) is 5.41 Å². The third kappa shape index (κ3) is 5.46. The van der Waals surface area contributed by atoms with E-state index >= 15 is 0 Å². The fourth-order valence-corrected chi connectivity index (χ4v) is 4.57. The average Bonchev–Trinajstić information content (AvgIpc) is 2.70. The van der Waals surface area contributed by atoms with Crippen LogP contribution in [0.5, 0.6) is 11.5 Å². The molecule has 0 N–H and O–H groups in total. The Morgan fingerprint density at radius 3 is 1.90 bits per heavy atom. The van der Waals surface area contributed by atoms with E-state index in [1.807, 2.05) is 33.1 Å². The van der Waals surface area contributed by atoms with Crippen molar-refractivity contribution >= 4 is 17.8 Å². The van der Waals surface area contributed by atoms with E-state index in [1.165, 1.54) is 23.2 Å². The molecule has 2 rings (SSSR count). The summed E-state index contributed by atoms with van der Waals surface area (Å²) in [6.07, 6.45) is 3.93. The van der Waals surface area contributed by atoms with Crippen molar-refractivity contribution in [3.05, 3.63) is 58.1 Å². The molecule has 0 saturated carbocycles. The first-order valence-corrected chi connectivity index (χ1v) is 12.2. The maximum Gasteiger partial charge on any atom is 0.175 e. The van der Waals surface area contributed by atoms with Gasteiger partial charge in [-0.05, 0) is 67.5 Å². The minimum atomic E-state index is -0.394. The number of Topliss-reactive ketones (excluding diaryl/α,β-unsaturated/α-hetero) is 1. The van der Waals surface area contributed by atoms with E-state index in [9.17, 15) is 4.79 Å². The summed E-state index contributed by atoms with van der Waals surface area (Å²) >= 11 is 1.38. The first-order chi connectivity index (χ1) is 14.5. The summed E-state index contributed by atoms with van der Waals surface area (Å²) in [5.41, 5.74) is 5.49. The van der Waals surface area contributed by atoms with Crippen LogP contribution in [0.25, 0.3) is 0 Å². The number of ketones is 1. The first kappa shape index (κ1) is 25.3. The number of rotatable bonds is 9. The second kappa shape index (κ2) is 10.1. The van der Waals surface area contributed by atoms with Gasteiger partial charge in [-0.1, -0.05) is 58.9 Å². The molecule has 170 valence electrons. The molecule has 0 aliphatic rings. The molecule has 0 aliphatic carbocycles. The molecular weight excluding hydrogens is 404 g/mol. The maximum atomic E-state index is 12.3. The van der Waals surface area contributed by atoms with Gasteiger partial charge in [0.05, 0.1) is 12.0 Å². The molecular formula is C27H38O3S. The van der Waals surface area contributed by atoms with Crippen LogP contribution in [0.3, 0.4) is 0 Å². The van der Waals surface area contributed by atoms with Crippen LogP contribution >= 0.6 is 12.0 Å². The van der Waals surface area contributed by atoms with E-state index in [1.54, 1.807) is 0 Å². The highest BCUT2D eigenvalue weighted by Crippen LogP contribution is 2.42. The monoisotopic (exact) mass is 442 g/mol. The normalized spacial score (nSPS) is 12.0. The van der Waals surface area contributed by atoms with Gasteiger partial charge in [-0.15, -0.1) is 0 Å². The van der Waals surface area contributed by atoms with Gasteiger partial charge >= 0.3 is 0 Å². The van der Waals surface area contributed by atoms with Crippen molar-refractivity contribution in [2.45, 2.75) is 73.6 Å². The van der Waals surface area contributed by atoms with Crippen molar-refractivity contribution in [3.63, 3.8) is 0 Å². The molecule has 0 saturated heterocycles. The molecule has 0 fully saturated rings. The lowest BCUT2D eigenvalue weighted by molar-refractivity contribution is -0.128. The Morgan fingerprint density at radius 1 is 0.903 bits per heavy atom. The van der Waals surface area contributed by atoms with Gasteiger partial charge in [-0.25, -0.2) is 0 Å².